The number of carbonyl (C=O) groups excluding carboxylic acids is 1. The Morgan fingerprint density at radius 3 is 2.35 bits per heavy atom. The number of benzene rings is 2. The second-order valence-corrected chi connectivity index (χ2v) is 4.89. The SMILES string of the molecule is COc1cc(C=CC(=O)c2cccc(OC(F)F)c2)ccc1OC(F)F. The molecule has 4 nitrogen and oxygen atoms in total. The van der Waals surface area contributed by atoms with Crippen molar-refractivity contribution in [2.75, 3.05) is 7.11 Å². The number of ketones is 1. The van der Waals surface area contributed by atoms with Crippen molar-refractivity contribution < 1.29 is 36.6 Å². The molecule has 0 bridgehead atoms. The zero-order chi connectivity index (χ0) is 19.1. The van der Waals surface area contributed by atoms with Gasteiger partial charge in [0.1, 0.15) is 5.75 Å². The molecule has 2 aromatic carbocycles. The molecule has 0 heterocycles. The van der Waals surface area contributed by atoms with E-state index in [1.807, 2.05) is 0 Å². The quantitative estimate of drug-likeness (QED) is 0.381. The molecule has 26 heavy (non-hydrogen) atoms. The second-order valence-electron chi connectivity index (χ2n) is 4.89. The molecule has 0 N–H and O–H groups in total. The standard InChI is InChI=1S/C18H14F4O4/c1-24-16-9-11(6-8-15(16)26-18(21)22)5-7-14(23)12-3-2-4-13(10-12)25-17(19)20/h2-10,17-18H,1H3. The molecule has 2 rings (SSSR count). The summed E-state index contributed by atoms with van der Waals surface area (Å²) in [6.07, 6.45) is 2.64. The number of carbonyl (C=O) groups is 1. The average molecular weight is 370 g/mol. The Bertz CT molecular complexity index is 791. The van der Waals surface area contributed by atoms with E-state index in [0.717, 1.165) is 0 Å². The van der Waals surface area contributed by atoms with Gasteiger partial charge in [0.2, 0.25) is 0 Å². The molecule has 0 aliphatic heterocycles. The van der Waals surface area contributed by atoms with Gasteiger partial charge < -0.3 is 14.2 Å². The van der Waals surface area contributed by atoms with Crippen LogP contribution in [0.4, 0.5) is 17.6 Å². The maximum Gasteiger partial charge on any atom is 0.387 e. The Morgan fingerprint density at radius 1 is 0.962 bits per heavy atom. The fourth-order valence-electron chi connectivity index (χ4n) is 2.07. The maximum absolute atomic E-state index is 12.3. The Labute approximate surface area is 146 Å². The number of hydrogen-bond donors (Lipinski definition) is 0. The van der Waals surface area contributed by atoms with Gasteiger partial charge in [0.25, 0.3) is 0 Å². The van der Waals surface area contributed by atoms with Gasteiger partial charge in [-0.2, -0.15) is 17.6 Å². The van der Waals surface area contributed by atoms with E-state index in [9.17, 15) is 22.4 Å². The van der Waals surface area contributed by atoms with Crippen LogP contribution in [0.5, 0.6) is 17.2 Å². The first-order valence-corrected chi connectivity index (χ1v) is 7.29. The van der Waals surface area contributed by atoms with Crippen LogP contribution in [0.1, 0.15) is 15.9 Å². The summed E-state index contributed by atoms with van der Waals surface area (Å²) in [5, 5.41) is 0. The summed E-state index contributed by atoms with van der Waals surface area (Å²) in [5.41, 5.74) is 0.654. The molecular weight excluding hydrogens is 356 g/mol. The lowest BCUT2D eigenvalue weighted by molar-refractivity contribution is -0.0514. The highest BCUT2D eigenvalue weighted by Gasteiger charge is 2.11. The summed E-state index contributed by atoms with van der Waals surface area (Å²) in [6, 6.07) is 9.52. The van der Waals surface area contributed by atoms with Crippen LogP contribution in [-0.2, 0) is 0 Å². The van der Waals surface area contributed by atoms with E-state index in [0.29, 0.717) is 5.56 Å². The number of allylic oxidation sites excluding steroid dienone is 1. The summed E-state index contributed by atoms with van der Waals surface area (Å²) in [5.74, 6) is -0.638. The van der Waals surface area contributed by atoms with Gasteiger partial charge in [0.05, 0.1) is 7.11 Å². The van der Waals surface area contributed by atoms with Crippen LogP contribution in [0, 0.1) is 0 Å². The smallest absolute Gasteiger partial charge is 0.387 e. The minimum atomic E-state index is -2.99. The molecule has 0 amide bonds. The highest BCUT2D eigenvalue weighted by atomic mass is 19.3. The van der Waals surface area contributed by atoms with Gasteiger partial charge in [-0.1, -0.05) is 24.3 Å². The average Bonchev–Trinajstić information content (AvgIpc) is 2.59. The number of halogens is 4. The first kappa shape index (κ1) is 19.3. The molecular formula is C18H14F4O4. The van der Waals surface area contributed by atoms with Gasteiger partial charge in [-0.3, -0.25) is 4.79 Å². The Balaban J connectivity index is 2.15. The van der Waals surface area contributed by atoms with E-state index in [4.69, 9.17) is 4.74 Å². The molecule has 0 saturated heterocycles. The normalized spacial score (nSPS) is 11.2. The zero-order valence-electron chi connectivity index (χ0n) is 13.5. The summed E-state index contributed by atoms with van der Waals surface area (Å²) in [4.78, 5) is 12.1. The van der Waals surface area contributed by atoms with Crippen LogP contribution in [0.25, 0.3) is 6.08 Å². The van der Waals surface area contributed by atoms with Crippen LogP contribution in [0.2, 0.25) is 0 Å². The largest absolute Gasteiger partial charge is 0.493 e. The van der Waals surface area contributed by atoms with Crippen molar-refractivity contribution in [3.8, 4) is 17.2 Å². The van der Waals surface area contributed by atoms with Gasteiger partial charge in [0, 0.05) is 5.56 Å². The molecule has 2 aromatic rings. The van der Waals surface area contributed by atoms with Crippen LogP contribution in [0.3, 0.4) is 0 Å². The molecule has 0 aromatic heterocycles. The summed E-state index contributed by atoms with van der Waals surface area (Å²) < 4.78 is 62.5. The van der Waals surface area contributed by atoms with Crippen molar-refractivity contribution >= 4 is 11.9 Å². The molecule has 0 unspecified atom stereocenters. The molecule has 0 saturated carbocycles. The number of methoxy groups -OCH3 is 1. The number of rotatable bonds is 8. The second kappa shape index (κ2) is 8.89. The fourth-order valence-corrected chi connectivity index (χ4v) is 2.07. The van der Waals surface area contributed by atoms with Crippen LogP contribution < -0.4 is 14.2 Å². The number of alkyl halides is 4. The zero-order valence-corrected chi connectivity index (χ0v) is 13.5. The predicted molar refractivity (Wildman–Crippen MR) is 86.1 cm³/mol. The molecule has 8 heteroatoms. The minimum absolute atomic E-state index is 0.0761. The lowest BCUT2D eigenvalue weighted by Gasteiger charge is -2.10. The molecule has 0 spiro atoms. The third-order valence-electron chi connectivity index (χ3n) is 3.17. The molecule has 0 radical (unpaired) electrons. The first-order chi connectivity index (χ1) is 12.4. The third-order valence-corrected chi connectivity index (χ3v) is 3.17. The molecule has 0 aliphatic rings. The summed E-state index contributed by atoms with van der Waals surface area (Å²) >= 11 is 0. The van der Waals surface area contributed by atoms with Gasteiger partial charge in [-0.25, -0.2) is 0 Å². The lowest BCUT2D eigenvalue weighted by Crippen LogP contribution is -2.03. The summed E-state index contributed by atoms with van der Waals surface area (Å²) in [7, 11) is 1.29. The van der Waals surface area contributed by atoms with Gasteiger partial charge in [0.15, 0.2) is 17.3 Å². The number of hydrogen-bond acceptors (Lipinski definition) is 4. The van der Waals surface area contributed by atoms with Gasteiger partial charge >= 0.3 is 13.2 Å². The van der Waals surface area contributed by atoms with Gasteiger partial charge in [-0.05, 0) is 35.9 Å². The topological polar surface area (TPSA) is 44.8 Å². The van der Waals surface area contributed by atoms with Crippen molar-refractivity contribution in [1.82, 2.24) is 0 Å². The molecule has 138 valence electrons. The Kier molecular flexibility index (Phi) is 6.60. The monoisotopic (exact) mass is 370 g/mol. The Morgan fingerprint density at radius 2 is 1.69 bits per heavy atom. The molecule has 0 aliphatic carbocycles. The van der Waals surface area contributed by atoms with E-state index in [-0.39, 0.29) is 22.8 Å². The minimum Gasteiger partial charge on any atom is -0.493 e. The number of ether oxygens (including phenoxy) is 3. The molecule has 0 atom stereocenters. The van der Waals surface area contributed by atoms with Crippen molar-refractivity contribution in [1.29, 1.82) is 0 Å². The van der Waals surface area contributed by atoms with Crippen molar-refractivity contribution in [3.63, 3.8) is 0 Å². The van der Waals surface area contributed by atoms with E-state index in [1.54, 1.807) is 0 Å². The summed E-state index contributed by atoms with van der Waals surface area (Å²) in [6.45, 7) is -5.98. The van der Waals surface area contributed by atoms with E-state index < -0.39 is 19.0 Å². The third kappa shape index (κ3) is 5.51. The fraction of sp³-hybridized carbons (Fsp3) is 0.167. The maximum atomic E-state index is 12.3. The van der Waals surface area contributed by atoms with Crippen LogP contribution in [0.15, 0.2) is 48.5 Å². The van der Waals surface area contributed by atoms with Crippen molar-refractivity contribution in [2.24, 2.45) is 0 Å². The first-order valence-electron chi connectivity index (χ1n) is 7.29. The van der Waals surface area contributed by atoms with Crippen molar-refractivity contribution in [3.05, 3.63) is 59.7 Å². The van der Waals surface area contributed by atoms with E-state index >= 15 is 0 Å². The van der Waals surface area contributed by atoms with Gasteiger partial charge in [-0.15, -0.1) is 0 Å². The molecule has 0 fully saturated rings. The van der Waals surface area contributed by atoms with Crippen molar-refractivity contribution in [2.45, 2.75) is 13.2 Å². The van der Waals surface area contributed by atoms with Crippen LogP contribution in [-0.4, -0.2) is 26.1 Å². The lowest BCUT2D eigenvalue weighted by atomic mass is 10.1. The van der Waals surface area contributed by atoms with E-state index in [2.05, 4.69) is 9.47 Å². The Hall–Kier alpha value is -3.03. The highest BCUT2D eigenvalue weighted by molar-refractivity contribution is 6.07. The van der Waals surface area contributed by atoms with Crippen LogP contribution >= 0.6 is 0 Å². The van der Waals surface area contributed by atoms with E-state index in [1.165, 1.54) is 61.7 Å². The highest BCUT2D eigenvalue weighted by Crippen LogP contribution is 2.30. The predicted octanol–water partition coefficient (Wildman–Crippen LogP) is 4.79.